The van der Waals surface area contributed by atoms with Gasteiger partial charge in [0.25, 0.3) is 0 Å². The van der Waals surface area contributed by atoms with Crippen LogP contribution in [0.4, 0.5) is 0 Å². The number of hydrogen-bond donors (Lipinski definition) is 2. The van der Waals surface area contributed by atoms with Crippen LogP contribution in [-0.2, 0) is 22.5 Å². The number of pyridine rings is 1. The van der Waals surface area contributed by atoms with Gasteiger partial charge in [0.05, 0.1) is 18.7 Å². The number of carbonyl (C=O) groups is 2. The summed E-state index contributed by atoms with van der Waals surface area (Å²) in [6.07, 6.45) is 4.01. The van der Waals surface area contributed by atoms with E-state index in [0.717, 1.165) is 33.3 Å². The number of aromatic nitrogens is 2. The van der Waals surface area contributed by atoms with E-state index < -0.39 is 12.0 Å². The zero-order valence-electron chi connectivity index (χ0n) is 18.1. The minimum atomic E-state index is -0.985. The van der Waals surface area contributed by atoms with Gasteiger partial charge >= 0.3 is 11.9 Å². The standard InChI is InChI=1S/C26H23N3O4/c1-33-26(32)22-13-20-19-9-2-3-10-21(19)28-23(20)24(18-8-5-11-27-14-18)29(22)15-16-6-4-7-17(12-16)25(30)31/h2-12,14,22,24,28H,13,15H2,1H3,(H,30,31)/t22-,24+/m0/s1. The molecule has 2 aromatic heterocycles. The number of methoxy groups -OCH3 is 1. The van der Waals surface area contributed by atoms with Crippen LogP contribution in [-0.4, -0.2) is 45.1 Å². The molecule has 0 aliphatic carbocycles. The minimum Gasteiger partial charge on any atom is -0.478 e. The molecule has 33 heavy (non-hydrogen) atoms. The molecule has 0 spiro atoms. The number of H-pyrrole nitrogens is 1. The molecule has 2 atom stereocenters. The number of aromatic amines is 1. The molecule has 2 N–H and O–H groups in total. The van der Waals surface area contributed by atoms with Crippen molar-refractivity contribution in [3.8, 4) is 0 Å². The fourth-order valence-electron chi connectivity index (χ4n) is 4.80. The third-order valence-electron chi connectivity index (χ3n) is 6.26. The molecule has 7 nitrogen and oxygen atoms in total. The number of fused-ring (bicyclic) bond motifs is 3. The largest absolute Gasteiger partial charge is 0.478 e. The molecule has 4 aromatic rings. The maximum Gasteiger partial charge on any atom is 0.335 e. The first-order chi connectivity index (χ1) is 16.1. The second kappa shape index (κ2) is 8.52. The van der Waals surface area contributed by atoms with Crippen molar-refractivity contribution in [1.29, 1.82) is 0 Å². The predicted molar refractivity (Wildman–Crippen MR) is 123 cm³/mol. The van der Waals surface area contributed by atoms with Crippen molar-refractivity contribution in [2.24, 2.45) is 0 Å². The predicted octanol–water partition coefficient (Wildman–Crippen LogP) is 3.95. The van der Waals surface area contributed by atoms with Gasteiger partial charge < -0.3 is 14.8 Å². The summed E-state index contributed by atoms with van der Waals surface area (Å²) >= 11 is 0. The molecule has 2 aromatic carbocycles. The third-order valence-corrected chi connectivity index (χ3v) is 6.26. The summed E-state index contributed by atoms with van der Waals surface area (Å²) in [6.45, 7) is 0.370. The number of nitrogens with one attached hydrogen (secondary N) is 1. The Labute approximate surface area is 190 Å². The lowest BCUT2D eigenvalue weighted by Crippen LogP contribution is -2.48. The van der Waals surface area contributed by atoms with Crippen LogP contribution < -0.4 is 0 Å². The molecule has 0 saturated heterocycles. The summed E-state index contributed by atoms with van der Waals surface area (Å²) in [4.78, 5) is 34.5. The summed E-state index contributed by atoms with van der Waals surface area (Å²) < 4.78 is 5.21. The van der Waals surface area contributed by atoms with Crippen molar-refractivity contribution in [2.45, 2.75) is 25.0 Å². The Hall–Kier alpha value is -3.97. The molecular formula is C26H23N3O4. The van der Waals surface area contributed by atoms with Crippen LogP contribution in [0.2, 0.25) is 0 Å². The molecule has 1 aliphatic rings. The molecule has 0 bridgehead atoms. The number of aromatic carboxylic acids is 1. The lowest BCUT2D eigenvalue weighted by atomic mass is 9.88. The van der Waals surface area contributed by atoms with Gasteiger partial charge in [0.15, 0.2) is 0 Å². The van der Waals surface area contributed by atoms with E-state index in [9.17, 15) is 14.7 Å². The van der Waals surface area contributed by atoms with E-state index in [1.807, 2.05) is 36.4 Å². The first-order valence-electron chi connectivity index (χ1n) is 10.7. The van der Waals surface area contributed by atoms with Crippen LogP contribution in [0.3, 0.4) is 0 Å². The van der Waals surface area contributed by atoms with Gasteiger partial charge in [0, 0.05) is 42.0 Å². The summed E-state index contributed by atoms with van der Waals surface area (Å²) in [5.74, 6) is -1.31. The third kappa shape index (κ3) is 3.76. The fourth-order valence-corrected chi connectivity index (χ4v) is 4.80. The Morgan fingerprint density at radius 2 is 2.00 bits per heavy atom. The van der Waals surface area contributed by atoms with Gasteiger partial charge in [-0.3, -0.25) is 14.7 Å². The van der Waals surface area contributed by atoms with Crippen molar-refractivity contribution in [3.05, 3.63) is 101 Å². The second-order valence-corrected chi connectivity index (χ2v) is 8.17. The molecular weight excluding hydrogens is 418 g/mol. The maximum atomic E-state index is 13.0. The number of esters is 1. The molecule has 5 rings (SSSR count). The second-order valence-electron chi connectivity index (χ2n) is 8.17. The van der Waals surface area contributed by atoms with Gasteiger partial charge in [-0.1, -0.05) is 36.4 Å². The van der Waals surface area contributed by atoms with E-state index in [0.29, 0.717) is 13.0 Å². The quantitative estimate of drug-likeness (QED) is 0.456. The Balaban J connectivity index is 1.68. The van der Waals surface area contributed by atoms with Gasteiger partial charge in [-0.15, -0.1) is 0 Å². The number of carboxylic acids is 1. The van der Waals surface area contributed by atoms with E-state index >= 15 is 0 Å². The highest BCUT2D eigenvalue weighted by atomic mass is 16.5. The smallest absolute Gasteiger partial charge is 0.335 e. The van der Waals surface area contributed by atoms with Gasteiger partial charge in [0.2, 0.25) is 0 Å². The molecule has 7 heteroatoms. The molecule has 166 valence electrons. The Bertz CT molecular complexity index is 1330. The molecule has 0 unspecified atom stereocenters. The van der Waals surface area contributed by atoms with Crippen LogP contribution >= 0.6 is 0 Å². The van der Waals surface area contributed by atoms with Crippen molar-refractivity contribution >= 4 is 22.8 Å². The molecule has 0 amide bonds. The van der Waals surface area contributed by atoms with Crippen LogP contribution in [0.5, 0.6) is 0 Å². The molecule has 3 heterocycles. The van der Waals surface area contributed by atoms with Gasteiger partial charge in [-0.25, -0.2) is 4.79 Å². The van der Waals surface area contributed by atoms with E-state index in [2.05, 4.69) is 20.9 Å². The van der Waals surface area contributed by atoms with Gasteiger partial charge in [-0.05, 0) is 41.0 Å². The van der Waals surface area contributed by atoms with Crippen molar-refractivity contribution < 1.29 is 19.4 Å². The van der Waals surface area contributed by atoms with Gasteiger partial charge in [0.1, 0.15) is 6.04 Å². The van der Waals surface area contributed by atoms with Gasteiger partial charge in [-0.2, -0.15) is 0 Å². The highest BCUT2D eigenvalue weighted by Crippen LogP contribution is 2.41. The molecule has 0 fully saturated rings. The van der Waals surface area contributed by atoms with Crippen LogP contribution in [0, 0.1) is 0 Å². The average Bonchev–Trinajstić information content (AvgIpc) is 3.22. The summed E-state index contributed by atoms with van der Waals surface area (Å²) in [5.41, 5.74) is 5.06. The van der Waals surface area contributed by atoms with Crippen LogP contribution in [0.15, 0.2) is 73.1 Å². The fraction of sp³-hybridized carbons (Fsp3) is 0.192. The zero-order chi connectivity index (χ0) is 22.9. The first kappa shape index (κ1) is 20.9. The SMILES string of the molecule is COC(=O)[C@@H]1Cc2c([nH]c3ccccc23)[C@@H](c2cccnc2)N1Cc1cccc(C(=O)O)c1. The highest BCUT2D eigenvalue weighted by Gasteiger charge is 2.41. The lowest BCUT2D eigenvalue weighted by molar-refractivity contribution is -0.148. The Kier molecular flexibility index (Phi) is 5.40. The number of rotatable bonds is 5. The zero-order valence-corrected chi connectivity index (χ0v) is 18.1. The van der Waals surface area contributed by atoms with E-state index in [1.165, 1.54) is 7.11 Å². The summed E-state index contributed by atoms with van der Waals surface area (Å²) in [7, 11) is 1.40. The van der Waals surface area contributed by atoms with Crippen LogP contribution in [0.1, 0.15) is 38.8 Å². The molecule has 0 saturated carbocycles. The number of para-hydroxylation sites is 1. The number of nitrogens with zero attached hydrogens (tertiary/aromatic N) is 2. The number of hydrogen-bond acceptors (Lipinski definition) is 5. The Morgan fingerprint density at radius 1 is 1.15 bits per heavy atom. The number of benzene rings is 2. The number of carbonyl (C=O) groups excluding carboxylic acids is 1. The summed E-state index contributed by atoms with van der Waals surface area (Å²) in [5, 5.41) is 10.5. The van der Waals surface area contributed by atoms with E-state index in [-0.39, 0.29) is 17.6 Å². The van der Waals surface area contributed by atoms with E-state index in [1.54, 1.807) is 30.6 Å². The normalized spacial score (nSPS) is 18.1. The first-order valence-corrected chi connectivity index (χ1v) is 10.7. The lowest BCUT2D eigenvalue weighted by Gasteiger charge is -2.40. The number of carboxylic acid groups (broad SMARTS) is 1. The number of ether oxygens (including phenoxy) is 1. The van der Waals surface area contributed by atoms with Crippen LogP contribution in [0.25, 0.3) is 10.9 Å². The average molecular weight is 441 g/mol. The van der Waals surface area contributed by atoms with Crippen molar-refractivity contribution in [1.82, 2.24) is 14.9 Å². The minimum absolute atomic E-state index is 0.211. The summed E-state index contributed by atoms with van der Waals surface area (Å²) in [6, 6.07) is 17.9. The van der Waals surface area contributed by atoms with Crippen molar-refractivity contribution in [2.75, 3.05) is 7.11 Å². The van der Waals surface area contributed by atoms with Crippen molar-refractivity contribution in [3.63, 3.8) is 0 Å². The molecule has 0 radical (unpaired) electrons. The topological polar surface area (TPSA) is 95.5 Å². The monoisotopic (exact) mass is 441 g/mol. The maximum absolute atomic E-state index is 13.0. The van der Waals surface area contributed by atoms with E-state index in [4.69, 9.17) is 4.74 Å². The highest BCUT2D eigenvalue weighted by molar-refractivity contribution is 5.88. The molecule has 1 aliphatic heterocycles. The Morgan fingerprint density at radius 3 is 2.76 bits per heavy atom.